The zero-order valence-corrected chi connectivity index (χ0v) is 11.7. The number of hydrogen-bond acceptors (Lipinski definition) is 3. The fourth-order valence-corrected chi connectivity index (χ4v) is 3.35. The summed E-state index contributed by atoms with van der Waals surface area (Å²) in [7, 11) is 0. The number of nitrogens with zero attached hydrogens (tertiary/aromatic N) is 1. The summed E-state index contributed by atoms with van der Waals surface area (Å²) in [4.78, 5) is 26.6. The monoisotopic (exact) mass is 265 g/mol. The van der Waals surface area contributed by atoms with Gasteiger partial charge in [0.1, 0.15) is 0 Å². The van der Waals surface area contributed by atoms with Gasteiger partial charge in [0.05, 0.1) is 4.88 Å². The summed E-state index contributed by atoms with van der Waals surface area (Å²) < 4.78 is 0. The molecule has 1 aliphatic rings. The van der Waals surface area contributed by atoms with Crippen molar-refractivity contribution in [1.29, 1.82) is 0 Å². The molecular weight excluding hydrogens is 246 g/mol. The van der Waals surface area contributed by atoms with E-state index < -0.39 is 0 Å². The van der Waals surface area contributed by atoms with Crippen LogP contribution in [-0.4, -0.2) is 29.7 Å². The number of thiophene rings is 1. The molecule has 0 spiro atoms. The van der Waals surface area contributed by atoms with Gasteiger partial charge in [-0.1, -0.05) is 6.92 Å². The van der Waals surface area contributed by atoms with Gasteiger partial charge in [0.15, 0.2) is 6.29 Å². The van der Waals surface area contributed by atoms with E-state index in [1.165, 1.54) is 4.88 Å². The molecule has 1 aromatic rings. The van der Waals surface area contributed by atoms with Crippen LogP contribution in [0.4, 0.5) is 0 Å². The van der Waals surface area contributed by atoms with Gasteiger partial charge in [0.2, 0.25) is 5.91 Å². The normalized spacial score (nSPS) is 22.0. The van der Waals surface area contributed by atoms with Crippen molar-refractivity contribution in [3.63, 3.8) is 0 Å². The van der Waals surface area contributed by atoms with Crippen molar-refractivity contribution in [2.75, 3.05) is 6.54 Å². The Balaban J connectivity index is 2.11. The Kier molecular flexibility index (Phi) is 4.17. The predicted octanol–water partition coefficient (Wildman–Crippen LogP) is 3.07. The predicted molar refractivity (Wildman–Crippen MR) is 73.1 cm³/mol. The second kappa shape index (κ2) is 5.65. The zero-order valence-electron chi connectivity index (χ0n) is 10.9. The van der Waals surface area contributed by atoms with E-state index in [9.17, 15) is 9.59 Å². The molecule has 0 saturated carbocycles. The highest BCUT2D eigenvalue weighted by molar-refractivity contribution is 7.13. The second-order valence-corrected chi connectivity index (χ2v) is 6.04. The summed E-state index contributed by atoms with van der Waals surface area (Å²) in [5.41, 5.74) is 0. The first-order valence-corrected chi connectivity index (χ1v) is 7.31. The molecule has 0 bridgehead atoms. The number of piperidine rings is 1. The minimum absolute atomic E-state index is 0.271. The molecule has 98 valence electrons. The summed E-state index contributed by atoms with van der Waals surface area (Å²) >= 11 is 1.56. The molecule has 2 atom stereocenters. The van der Waals surface area contributed by atoms with E-state index in [4.69, 9.17) is 0 Å². The van der Waals surface area contributed by atoms with Gasteiger partial charge in [-0.25, -0.2) is 0 Å². The Morgan fingerprint density at radius 3 is 2.94 bits per heavy atom. The van der Waals surface area contributed by atoms with Gasteiger partial charge >= 0.3 is 0 Å². The van der Waals surface area contributed by atoms with E-state index in [2.05, 4.69) is 13.8 Å². The maximum Gasteiger partial charge on any atom is 0.222 e. The van der Waals surface area contributed by atoms with Crippen molar-refractivity contribution >= 4 is 23.5 Å². The van der Waals surface area contributed by atoms with Crippen molar-refractivity contribution in [2.45, 2.75) is 45.1 Å². The Labute approximate surface area is 112 Å². The van der Waals surface area contributed by atoms with Crippen molar-refractivity contribution in [3.05, 3.63) is 21.9 Å². The highest BCUT2D eigenvalue weighted by atomic mass is 32.1. The van der Waals surface area contributed by atoms with Crippen molar-refractivity contribution in [3.8, 4) is 0 Å². The van der Waals surface area contributed by atoms with Crippen LogP contribution in [0.2, 0.25) is 0 Å². The van der Waals surface area contributed by atoms with Gasteiger partial charge in [-0.2, -0.15) is 0 Å². The lowest BCUT2D eigenvalue weighted by molar-refractivity contribution is -0.136. The van der Waals surface area contributed by atoms with Crippen LogP contribution in [0.15, 0.2) is 12.1 Å². The van der Waals surface area contributed by atoms with E-state index >= 15 is 0 Å². The largest absolute Gasteiger partial charge is 0.339 e. The molecule has 1 amide bonds. The first-order valence-electron chi connectivity index (χ1n) is 6.50. The van der Waals surface area contributed by atoms with E-state index in [-0.39, 0.29) is 5.91 Å². The minimum Gasteiger partial charge on any atom is -0.339 e. The lowest BCUT2D eigenvalue weighted by Gasteiger charge is -2.36. The lowest BCUT2D eigenvalue weighted by atomic mass is 9.94. The zero-order chi connectivity index (χ0) is 13.1. The molecule has 0 aromatic carbocycles. The van der Waals surface area contributed by atoms with Gasteiger partial charge in [-0.15, -0.1) is 11.3 Å². The van der Waals surface area contributed by atoms with Crippen molar-refractivity contribution in [2.24, 2.45) is 0 Å². The molecule has 1 aromatic heterocycles. The van der Waals surface area contributed by atoms with Gasteiger partial charge in [-0.3, -0.25) is 9.59 Å². The minimum atomic E-state index is 0.271. The average molecular weight is 265 g/mol. The Bertz CT molecular complexity index is 441. The summed E-state index contributed by atoms with van der Waals surface area (Å²) in [6.07, 6.45) is 3.42. The molecule has 1 fully saturated rings. The molecule has 3 nitrogen and oxygen atoms in total. The first-order chi connectivity index (χ1) is 8.65. The molecule has 2 rings (SSSR count). The molecule has 2 unspecified atom stereocenters. The number of amides is 1. The van der Waals surface area contributed by atoms with Crippen LogP contribution in [0.25, 0.3) is 0 Å². The molecule has 4 heteroatoms. The number of rotatable bonds is 4. The van der Waals surface area contributed by atoms with Crippen LogP contribution in [-0.2, 0) is 4.79 Å². The van der Waals surface area contributed by atoms with Gasteiger partial charge in [0.25, 0.3) is 0 Å². The second-order valence-electron chi connectivity index (χ2n) is 4.90. The van der Waals surface area contributed by atoms with E-state index in [1.807, 2.05) is 17.0 Å². The molecule has 1 aliphatic heterocycles. The molecule has 1 saturated heterocycles. The lowest BCUT2D eigenvalue weighted by Crippen LogP contribution is -2.44. The third kappa shape index (κ3) is 2.64. The van der Waals surface area contributed by atoms with Crippen LogP contribution in [0.5, 0.6) is 0 Å². The topological polar surface area (TPSA) is 37.4 Å². The van der Waals surface area contributed by atoms with Gasteiger partial charge in [0, 0.05) is 29.8 Å². The van der Waals surface area contributed by atoms with Crippen LogP contribution >= 0.6 is 11.3 Å². The molecular formula is C14H19NO2S. The molecule has 18 heavy (non-hydrogen) atoms. The number of carbonyl (C=O) groups excluding carboxylic acids is 2. The molecule has 0 radical (unpaired) electrons. The smallest absolute Gasteiger partial charge is 0.222 e. The van der Waals surface area contributed by atoms with Crippen LogP contribution in [0, 0.1) is 0 Å². The quantitative estimate of drug-likeness (QED) is 0.785. The summed E-state index contributed by atoms with van der Waals surface area (Å²) in [5, 5.41) is 0. The standard InChI is InChI=1S/C14H19NO2S/c1-3-10(2)15-8-11(4-7-14(15)17)13-6-5-12(9-16)18-13/h5-6,9-11H,3-4,7-8H2,1-2H3. The fraction of sp³-hybridized carbons (Fsp3) is 0.571. The van der Waals surface area contributed by atoms with Crippen LogP contribution < -0.4 is 0 Å². The number of aldehydes is 1. The van der Waals surface area contributed by atoms with Crippen LogP contribution in [0.1, 0.15) is 53.6 Å². The average Bonchev–Trinajstić information content (AvgIpc) is 2.87. The third-order valence-electron chi connectivity index (χ3n) is 3.73. The number of likely N-dealkylation sites (tertiary alicyclic amines) is 1. The van der Waals surface area contributed by atoms with Crippen LogP contribution in [0.3, 0.4) is 0 Å². The first kappa shape index (κ1) is 13.3. The van der Waals surface area contributed by atoms with E-state index in [1.54, 1.807) is 11.3 Å². The summed E-state index contributed by atoms with van der Waals surface area (Å²) in [6.45, 7) is 5.01. The highest BCUT2D eigenvalue weighted by Gasteiger charge is 2.29. The van der Waals surface area contributed by atoms with Gasteiger partial charge < -0.3 is 4.90 Å². The maximum absolute atomic E-state index is 11.9. The summed E-state index contributed by atoms with van der Waals surface area (Å²) in [5.74, 6) is 0.670. The highest BCUT2D eigenvalue weighted by Crippen LogP contribution is 2.32. The Morgan fingerprint density at radius 1 is 1.56 bits per heavy atom. The molecule has 0 N–H and O–H groups in total. The summed E-state index contributed by atoms with van der Waals surface area (Å²) in [6, 6.07) is 4.21. The van der Waals surface area contributed by atoms with Crippen molar-refractivity contribution in [1.82, 2.24) is 4.90 Å². The SMILES string of the molecule is CCC(C)N1CC(c2ccc(C=O)s2)CCC1=O. The maximum atomic E-state index is 11.9. The molecule has 2 heterocycles. The number of carbonyl (C=O) groups is 2. The Morgan fingerprint density at radius 2 is 2.33 bits per heavy atom. The Hall–Kier alpha value is -1.16. The fourth-order valence-electron chi connectivity index (χ4n) is 2.40. The van der Waals surface area contributed by atoms with Gasteiger partial charge in [-0.05, 0) is 31.9 Å². The number of hydrogen-bond donors (Lipinski definition) is 0. The third-order valence-corrected chi connectivity index (χ3v) is 4.91. The van der Waals surface area contributed by atoms with E-state index in [0.29, 0.717) is 18.4 Å². The van der Waals surface area contributed by atoms with Crippen molar-refractivity contribution < 1.29 is 9.59 Å². The van der Waals surface area contributed by atoms with E-state index in [0.717, 1.165) is 30.5 Å². The molecule has 0 aliphatic carbocycles.